The van der Waals surface area contributed by atoms with Gasteiger partial charge in [0, 0.05) is 19.4 Å². The summed E-state index contributed by atoms with van der Waals surface area (Å²) < 4.78 is 0. The summed E-state index contributed by atoms with van der Waals surface area (Å²) in [7, 11) is 1.87. The fraction of sp³-hybridized carbons (Fsp3) is 0.462. The van der Waals surface area contributed by atoms with Crippen LogP contribution in [0.3, 0.4) is 0 Å². The third-order valence-corrected chi connectivity index (χ3v) is 2.67. The van der Waals surface area contributed by atoms with Crippen LogP contribution in [-0.2, 0) is 11.2 Å². The predicted molar refractivity (Wildman–Crippen MR) is 63.2 cm³/mol. The van der Waals surface area contributed by atoms with E-state index in [0.29, 0.717) is 18.6 Å². The maximum absolute atomic E-state index is 11.6. The molecular formula is C13H19NO. The molecule has 0 spiro atoms. The number of aryl methyl sites for hydroxylation is 2. The third-order valence-electron chi connectivity index (χ3n) is 2.67. The van der Waals surface area contributed by atoms with Gasteiger partial charge in [0.1, 0.15) is 5.78 Å². The molecule has 1 rings (SSSR count). The topological polar surface area (TPSA) is 29.1 Å². The van der Waals surface area contributed by atoms with Gasteiger partial charge in [-0.05, 0) is 37.6 Å². The van der Waals surface area contributed by atoms with Gasteiger partial charge in [0.25, 0.3) is 0 Å². The summed E-state index contributed by atoms with van der Waals surface area (Å²) in [6.07, 6.45) is 1.18. The third kappa shape index (κ3) is 3.48. The summed E-state index contributed by atoms with van der Waals surface area (Å²) in [6.45, 7) is 4.89. The number of Topliss-reactive ketones (excluding diaryl/α,β-unsaturated/α-hetero) is 1. The molecule has 15 heavy (non-hydrogen) atoms. The number of carbonyl (C=O) groups excluding carboxylic acids is 1. The molecule has 1 aromatic rings. The molecule has 1 N–H and O–H groups in total. The lowest BCUT2D eigenvalue weighted by Gasteiger charge is -2.08. The highest BCUT2D eigenvalue weighted by atomic mass is 16.1. The Kier molecular flexibility index (Phi) is 4.50. The van der Waals surface area contributed by atoms with E-state index in [1.807, 2.05) is 13.1 Å². The number of rotatable bonds is 5. The van der Waals surface area contributed by atoms with E-state index in [-0.39, 0.29) is 0 Å². The van der Waals surface area contributed by atoms with Crippen molar-refractivity contribution in [2.24, 2.45) is 0 Å². The minimum Gasteiger partial charge on any atom is -0.319 e. The van der Waals surface area contributed by atoms with E-state index in [1.54, 1.807) is 0 Å². The van der Waals surface area contributed by atoms with Crippen LogP contribution in [-0.4, -0.2) is 19.4 Å². The predicted octanol–water partition coefficient (Wildman–Crippen LogP) is 2.02. The summed E-state index contributed by atoms with van der Waals surface area (Å²) in [5, 5.41) is 2.99. The fourth-order valence-corrected chi connectivity index (χ4v) is 1.68. The summed E-state index contributed by atoms with van der Waals surface area (Å²) >= 11 is 0. The first-order valence-electron chi connectivity index (χ1n) is 5.36. The lowest BCUT2D eigenvalue weighted by atomic mass is 9.97. The van der Waals surface area contributed by atoms with Gasteiger partial charge < -0.3 is 5.32 Å². The van der Waals surface area contributed by atoms with Crippen molar-refractivity contribution in [1.82, 2.24) is 5.32 Å². The Labute approximate surface area is 91.7 Å². The molecule has 1 aromatic carbocycles. The van der Waals surface area contributed by atoms with Crippen LogP contribution in [0.2, 0.25) is 0 Å². The Bertz CT molecular complexity index is 324. The minimum atomic E-state index is 0.307. The normalized spacial score (nSPS) is 10.3. The summed E-state index contributed by atoms with van der Waals surface area (Å²) in [5.74, 6) is 0.307. The van der Waals surface area contributed by atoms with Crippen molar-refractivity contribution in [1.29, 1.82) is 0 Å². The highest BCUT2D eigenvalue weighted by molar-refractivity contribution is 5.81. The molecule has 2 nitrogen and oxygen atoms in total. The average Bonchev–Trinajstić information content (AvgIpc) is 2.21. The smallest absolute Gasteiger partial charge is 0.138 e. The summed E-state index contributed by atoms with van der Waals surface area (Å²) in [6, 6.07) is 6.16. The lowest BCUT2D eigenvalue weighted by Crippen LogP contribution is -2.15. The van der Waals surface area contributed by atoms with Crippen LogP contribution >= 0.6 is 0 Å². The second-order valence-corrected chi connectivity index (χ2v) is 3.94. The average molecular weight is 205 g/mol. The van der Waals surface area contributed by atoms with Gasteiger partial charge in [0.05, 0.1) is 0 Å². The summed E-state index contributed by atoms with van der Waals surface area (Å²) in [5.41, 5.74) is 3.62. The van der Waals surface area contributed by atoms with Gasteiger partial charge in [-0.1, -0.05) is 18.2 Å². The van der Waals surface area contributed by atoms with Gasteiger partial charge in [-0.15, -0.1) is 0 Å². The van der Waals surface area contributed by atoms with Crippen molar-refractivity contribution < 1.29 is 4.79 Å². The number of nitrogens with one attached hydrogen (secondary N) is 1. The monoisotopic (exact) mass is 205 g/mol. The van der Waals surface area contributed by atoms with Gasteiger partial charge in [-0.2, -0.15) is 0 Å². The Morgan fingerprint density at radius 1 is 1.27 bits per heavy atom. The SMILES string of the molecule is CNCCC(=O)Cc1c(C)cccc1C. The largest absolute Gasteiger partial charge is 0.319 e. The molecule has 0 aliphatic rings. The maximum atomic E-state index is 11.6. The molecular weight excluding hydrogens is 186 g/mol. The van der Waals surface area contributed by atoms with E-state index < -0.39 is 0 Å². The molecule has 0 saturated heterocycles. The Morgan fingerprint density at radius 3 is 2.40 bits per heavy atom. The van der Waals surface area contributed by atoms with Gasteiger partial charge in [-0.25, -0.2) is 0 Å². The first-order chi connectivity index (χ1) is 7.15. The van der Waals surface area contributed by atoms with Crippen LogP contribution in [0.5, 0.6) is 0 Å². The van der Waals surface area contributed by atoms with E-state index in [4.69, 9.17) is 0 Å². The van der Waals surface area contributed by atoms with Gasteiger partial charge in [0.15, 0.2) is 0 Å². The molecule has 0 radical (unpaired) electrons. The molecule has 82 valence electrons. The van der Waals surface area contributed by atoms with E-state index in [1.165, 1.54) is 16.7 Å². The van der Waals surface area contributed by atoms with Crippen molar-refractivity contribution in [3.63, 3.8) is 0 Å². The van der Waals surface area contributed by atoms with Gasteiger partial charge >= 0.3 is 0 Å². The molecule has 0 fully saturated rings. The first-order valence-corrected chi connectivity index (χ1v) is 5.36. The quantitative estimate of drug-likeness (QED) is 0.797. The van der Waals surface area contributed by atoms with Crippen LogP contribution in [0, 0.1) is 13.8 Å². The zero-order chi connectivity index (χ0) is 11.3. The summed E-state index contributed by atoms with van der Waals surface area (Å²) in [4.78, 5) is 11.6. The molecule has 0 heterocycles. The van der Waals surface area contributed by atoms with Crippen molar-refractivity contribution in [3.8, 4) is 0 Å². The maximum Gasteiger partial charge on any atom is 0.138 e. The van der Waals surface area contributed by atoms with Gasteiger partial charge in [-0.3, -0.25) is 4.79 Å². The van der Waals surface area contributed by atoms with E-state index in [0.717, 1.165) is 6.54 Å². The van der Waals surface area contributed by atoms with E-state index >= 15 is 0 Å². The number of hydrogen-bond donors (Lipinski definition) is 1. The van der Waals surface area contributed by atoms with Crippen LogP contribution in [0.4, 0.5) is 0 Å². The molecule has 0 aliphatic heterocycles. The van der Waals surface area contributed by atoms with E-state index in [9.17, 15) is 4.79 Å². The van der Waals surface area contributed by atoms with Crippen LogP contribution in [0.15, 0.2) is 18.2 Å². The lowest BCUT2D eigenvalue weighted by molar-refractivity contribution is -0.118. The second kappa shape index (κ2) is 5.66. The van der Waals surface area contributed by atoms with E-state index in [2.05, 4.69) is 31.3 Å². The zero-order valence-electron chi connectivity index (χ0n) is 9.76. The zero-order valence-corrected chi connectivity index (χ0v) is 9.76. The van der Waals surface area contributed by atoms with Crippen molar-refractivity contribution in [3.05, 3.63) is 34.9 Å². The molecule has 0 bridgehead atoms. The minimum absolute atomic E-state index is 0.307. The van der Waals surface area contributed by atoms with Crippen molar-refractivity contribution >= 4 is 5.78 Å². The Morgan fingerprint density at radius 2 is 1.87 bits per heavy atom. The van der Waals surface area contributed by atoms with Crippen LogP contribution in [0.1, 0.15) is 23.1 Å². The number of ketones is 1. The molecule has 0 atom stereocenters. The highest BCUT2D eigenvalue weighted by Crippen LogP contribution is 2.14. The first kappa shape index (κ1) is 11.9. The highest BCUT2D eigenvalue weighted by Gasteiger charge is 2.07. The number of carbonyl (C=O) groups is 1. The molecule has 2 heteroatoms. The number of benzene rings is 1. The molecule has 0 amide bonds. The van der Waals surface area contributed by atoms with Crippen LogP contribution in [0.25, 0.3) is 0 Å². The number of hydrogen-bond acceptors (Lipinski definition) is 2. The molecule has 0 aromatic heterocycles. The molecule has 0 unspecified atom stereocenters. The standard InChI is InChI=1S/C13H19NO/c1-10-5-4-6-11(2)13(10)9-12(15)7-8-14-3/h4-6,14H,7-9H2,1-3H3. The second-order valence-electron chi connectivity index (χ2n) is 3.94. The molecule has 0 aliphatic carbocycles. The van der Waals surface area contributed by atoms with Gasteiger partial charge in [0.2, 0.25) is 0 Å². The molecule has 0 saturated carbocycles. The van der Waals surface area contributed by atoms with Crippen molar-refractivity contribution in [2.75, 3.05) is 13.6 Å². The Hall–Kier alpha value is -1.15. The Balaban J connectivity index is 2.68. The fourth-order valence-electron chi connectivity index (χ4n) is 1.68. The van der Waals surface area contributed by atoms with Crippen LogP contribution < -0.4 is 5.32 Å². The van der Waals surface area contributed by atoms with Crippen molar-refractivity contribution in [2.45, 2.75) is 26.7 Å².